The first-order valence-corrected chi connectivity index (χ1v) is 8.80. The Balaban J connectivity index is 1.76. The van der Waals surface area contributed by atoms with E-state index in [2.05, 4.69) is 31.1 Å². The lowest BCUT2D eigenvalue weighted by Crippen LogP contribution is -2.21. The molecule has 0 spiro atoms. The third-order valence-corrected chi connectivity index (χ3v) is 4.88. The van der Waals surface area contributed by atoms with Crippen molar-refractivity contribution in [2.75, 3.05) is 0 Å². The van der Waals surface area contributed by atoms with E-state index in [1.165, 1.54) is 11.1 Å². The molecule has 0 bridgehead atoms. The predicted octanol–water partition coefficient (Wildman–Crippen LogP) is 4.48. The zero-order valence-corrected chi connectivity index (χ0v) is 15.4. The summed E-state index contributed by atoms with van der Waals surface area (Å²) in [4.78, 5) is 12.9. The summed E-state index contributed by atoms with van der Waals surface area (Å²) in [5.41, 5.74) is 5.72. The summed E-state index contributed by atoms with van der Waals surface area (Å²) < 4.78 is 3.31. The highest BCUT2D eigenvalue weighted by atomic mass is 35.5. The molecule has 26 heavy (non-hydrogen) atoms. The third-order valence-electron chi connectivity index (χ3n) is 4.65. The first-order chi connectivity index (χ1) is 12.5. The van der Waals surface area contributed by atoms with Crippen LogP contribution in [0.25, 0.3) is 16.8 Å². The van der Waals surface area contributed by atoms with Crippen molar-refractivity contribution in [3.63, 3.8) is 0 Å². The number of rotatable bonds is 3. The fourth-order valence-corrected chi connectivity index (χ4v) is 3.24. The molecule has 4 rings (SSSR count). The van der Waals surface area contributed by atoms with Gasteiger partial charge in [-0.05, 0) is 54.8 Å². The van der Waals surface area contributed by atoms with Crippen LogP contribution in [0.1, 0.15) is 16.7 Å². The SMILES string of the molecule is Cc1ccc(-c2cc3c(=O)n(Cc4cccc(Cl)c4)ccn3n2)cc1C. The lowest BCUT2D eigenvalue weighted by Gasteiger charge is -2.06. The van der Waals surface area contributed by atoms with Crippen LogP contribution in [0, 0.1) is 13.8 Å². The Hall–Kier alpha value is -2.85. The first-order valence-electron chi connectivity index (χ1n) is 8.42. The van der Waals surface area contributed by atoms with Gasteiger partial charge in [0, 0.05) is 23.0 Å². The van der Waals surface area contributed by atoms with Crippen LogP contribution in [0.3, 0.4) is 0 Å². The van der Waals surface area contributed by atoms with Gasteiger partial charge in [0.1, 0.15) is 5.52 Å². The summed E-state index contributed by atoms with van der Waals surface area (Å²) in [6.07, 6.45) is 3.57. The van der Waals surface area contributed by atoms with Gasteiger partial charge in [-0.1, -0.05) is 35.9 Å². The summed E-state index contributed by atoms with van der Waals surface area (Å²) in [5, 5.41) is 5.22. The molecule has 130 valence electrons. The van der Waals surface area contributed by atoms with E-state index in [4.69, 9.17) is 11.6 Å². The smallest absolute Gasteiger partial charge is 0.276 e. The van der Waals surface area contributed by atoms with Gasteiger partial charge in [-0.25, -0.2) is 4.52 Å². The van der Waals surface area contributed by atoms with E-state index in [1.807, 2.05) is 42.6 Å². The lowest BCUT2D eigenvalue weighted by molar-refractivity contribution is 0.743. The van der Waals surface area contributed by atoms with Crippen molar-refractivity contribution in [1.82, 2.24) is 14.2 Å². The molecule has 0 atom stereocenters. The molecule has 0 aliphatic rings. The maximum atomic E-state index is 12.9. The van der Waals surface area contributed by atoms with Gasteiger partial charge < -0.3 is 4.57 Å². The third kappa shape index (κ3) is 3.04. The topological polar surface area (TPSA) is 39.3 Å². The van der Waals surface area contributed by atoms with Crippen molar-refractivity contribution in [3.05, 3.63) is 93.0 Å². The zero-order valence-electron chi connectivity index (χ0n) is 14.6. The van der Waals surface area contributed by atoms with Gasteiger partial charge in [-0.2, -0.15) is 5.10 Å². The number of aryl methyl sites for hydroxylation is 2. The minimum absolute atomic E-state index is 0.0740. The van der Waals surface area contributed by atoms with E-state index >= 15 is 0 Å². The van der Waals surface area contributed by atoms with Crippen molar-refractivity contribution >= 4 is 17.1 Å². The van der Waals surface area contributed by atoms with Crippen molar-refractivity contribution < 1.29 is 0 Å². The van der Waals surface area contributed by atoms with Gasteiger partial charge in [0.25, 0.3) is 5.56 Å². The first kappa shape index (κ1) is 16.6. The summed E-state index contributed by atoms with van der Waals surface area (Å²) >= 11 is 6.04. The van der Waals surface area contributed by atoms with Crippen LogP contribution in [0.15, 0.2) is 65.7 Å². The van der Waals surface area contributed by atoms with Crippen LogP contribution in [0.2, 0.25) is 5.02 Å². The minimum Gasteiger partial charge on any atom is -0.308 e. The normalized spacial score (nSPS) is 11.2. The predicted molar refractivity (Wildman–Crippen MR) is 105 cm³/mol. The van der Waals surface area contributed by atoms with Crippen LogP contribution >= 0.6 is 11.6 Å². The molecule has 4 nitrogen and oxygen atoms in total. The van der Waals surface area contributed by atoms with Crippen molar-refractivity contribution in [2.24, 2.45) is 0 Å². The van der Waals surface area contributed by atoms with Gasteiger partial charge in [-0.15, -0.1) is 0 Å². The fraction of sp³-hybridized carbons (Fsp3) is 0.143. The minimum atomic E-state index is -0.0740. The number of halogens is 1. The second-order valence-electron chi connectivity index (χ2n) is 6.52. The van der Waals surface area contributed by atoms with Gasteiger partial charge >= 0.3 is 0 Å². The molecule has 0 radical (unpaired) electrons. The van der Waals surface area contributed by atoms with Crippen molar-refractivity contribution in [2.45, 2.75) is 20.4 Å². The standard InChI is InChI=1S/C21H18ClN3O/c1-14-6-7-17(10-15(14)2)19-12-20-21(26)24(8-9-25(20)23-19)13-16-4-3-5-18(22)11-16/h3-12H,13H2,1-2H3. The molecule has 0 saturated heterocycles. The molecule has 5 heteroatoms. The van der Waals surface area contributed by atoms with E-state index in [0.29, 0.717) is 17.1 Å². The molecule has 0 amide bonds. The van der Waals surface area contributed by atoms with Gasteiger partial charge in [-0.3, -0.25) is 4.79 Å². The van der Waals surface area contributed by atoms with Gasteiger partial charge in [0.2, 0.25) is 0 Å². The Morgan fingerprint density at radius 2 is 1.85 bits per heavy atom. The second-order valence-corrected chi connectivity index (χ2v) is 6.96. The molecule has 2 aromatic heterocycles. The second kappa shape index (κ2) is 6.46. The Morgan fingerprint density at radius 1 is 1.00 bits per heavy atom. The molecule has 2 aromatic carbocycles. The quantitative estimate of drug-likeness (QED) is 0.538. The molecule has 0 aliphatic carbocycles. The Labute approximate surface area is 156 Å². The Bertz CT molecular complexity index is 1170. The van der Waals surface area contributed by atoms with Crippen molar-refractivity contribution in [3.8, 4) is 11.3 Å². The van der Waals surface area contributed by atoms with Crippen LogP contribution in [-0.4, -0.2) is 14.2 Å². The molecule has 0 saturated carbocycles. The van der Waals surface area contributed by atoms with Gasteiger partial charge in [0.15, 0.2) is 0 Å². The van der Waals surface area contributed by atoms with E-state index < -0.39 is 0 Å². The van der Waals surface area contributed by atoms with E-state index in [-0.39, 0.29) is 5.56 Å². The van der Waals surface area contributed by atoms with Crippen molar-refractivity contribution in [1.29, 1.82) is 0 Å². The van der Waals surface area contributed by atoms with Gasteiger partial charge in [0.05, 0.1) is 12.2 Å². The molecule has 0 aliphatic heterocycles. The maximum absolute atomic E-state index is 12.9. The highest BCUT2D eigenvalue weighted by molar-refractivity contribution is 6.30. The Morgan fingerprint density at radius 3 is 2.62 bits per heavy atom. The summed E-state index contributed by atoms with van der Waals surface area (Å²) in [6, 6.07) is 15.6. The van der Waals surface area contributed by atoms with Crippen LogP contribution in [0.4, 0.5) is 0 Å². The summed E-state index contributed by atoms with van der Waals surface area (Å²) in [5.74, 6) is 0. The highest BCUT2D eigenvalue weighted by Gasteiger charge is 2.10. The van der Waals surface area contributed by atoms with E-state index in [1.54, 1.807) is 15.3 Å². The number of benzene rings is 2. The summed E-state index contributed by atoms with van der Waals surface area (Å²) in [6.45, 7) is 4.63. The number of aromatic nitrogens is 3. The fourth-order valence-electron chi connectivity index (χ4n) is 3.02. The lowest BCUT2D eigenvalue weighted by atomic mass is 10.0. The Kier molecular flexibility index (Phi) is 4.13. The molecular formula is C21H18ClN3O. The van der Waals surface area contributed by atoms with E-state index in [0.717, 1.165) is 16.8 Å². The molecule has 0 unspecified atom stereocenters. The van der Waals surface area contributed by atoms with E-state index in [9.17, 15) is 4.79 Å². The highest BCUT2D eigenvalue weighted by Crippen LogP contribution is 2.21. The number of nitrogens with zero attached hydrogens (tertiary/aromatic N) is 3. The number of hydrogen-bond donors (Lipinski definition) is 0. The molecule has 0 N–H and O–H groups in total. The van der Waals surface area contributed by atoms with Crippen LogP contribution in [-0.2, 0) is 6.54 Å². The van der Waals surface area contributed by atoms with Crippen LogP contribution in [0.5, 0.6) is 0 Å². The summed E-state index contributed by atoms with van der Waals surface area (Å²) in [7, 11) is 0. The average molecular weight is 364 g/mol. The average Bonchev–Trinajstić information content (AvgIpc) is 3.05. The maximum Gasteiger partial charge on any atom is 0.276 e. The molecular weight excluding hydrogens is 346 g/mol. The monoisotopic (exact) mass is 363 g/mol. The van der Waals surface area contributed by atoms with Crippen LogP contribution < -0.4 is 5.56 Å². The molecule has 4 aromatic rings. The zero-order chi connectivity index (χ0) is 18.3. The molecule has 0 fully saturated rings. The number of fused-ring (bicyclic) bond motifs is 1. The molecule has 2 heterocycles. The largest absolute Gasteiger partial charge is 0.308 e. The number of hydrogen-bond acceptors (Lipinski definition) is 2.